The van der Waals surface area contributed by atoms with Crippen LogP contribution in [-0.4, -0.2) is 17.9 Å². The van der Waals surface area contributed by atoms with Crippen LogP contribution in [0.1, 0.15) is 13.3 Å². The van der Waals surface area contributed by atoms with Crippen LogP contribution in [-0.2, 0) is 4.79 Å². The minimum atomic E-state index is -0.569. The molecule has 0 aliphatic heterocycles. The zero-order chi connectivity index (χ0) is 12.8. The summed E-state index contributed by atoms with van der Waals surface area (Å²) in [5.41, 5.74) is -0.0767. The SMILES string of the molecule is CCCOc1cc(NC=O)c([N+](=O)[O-])cc1Br. The van der Waals surface area contributed by atoms with E-state index in [2.05, 4.69) is 21.2 Å². The number of hydrogen-bond acceptors (Lipinski definition) is 4. The maximum absolute atomic E-state index is 10.8. The molecule has 1 rings (SSSR count). The topological polar surface area (TPSA) is 81.5 Å². The van der Waals surface area contributed by atoms with Crippen molar-refractivity contribution in [3.05, 3.63) is 26.7 Å². The lowest BCUT2D eigenvalue weighted by molar-refractivity contribution is -0.384. The van der Waals surface area contributed by atoms with Crippen molar-refractivity contribution in [3.63, 3.8) is 0 Å². The Morgan fingerprint density at radius 3 is 2.82 bits per heavy atom. The summed E-state index contributed by atoms with van der Waals surface area (Å²) < 4.78 is 5.86. The molecule has 0 bridgehead atoms. The van der Waals surface area contributed by atoms with E-state index in [1.54, 1.807) is 0 Å². The third kappa shape index (κ3) is 3.42. The molecule has 0 radical (unpaired) electrons. The van der Waals surface area contributed by atoms with E-state index < -0.39 is 4.92 Å². The summed E-state index contributed by atoms with van der Waals surface area (Å²) in [5, 5.41) is 13.0. The molecule has 0 unspecified atom stereocenters. The molecule has 0 fully saturated rings. The van der Waals surface area contributed by atoms with Crippen LogP contribution >= 0.6 is 15.9 Å². The number of benzene rings is 1. The number of carbonyl (C=O) groups is 1. The molecule has 17 heavy (non-hydrogen) atoms. The molecular weight excluding hydrogens is 292 g/mol. The van der Waals surface area contributed by atoms with Gasteiger partial charge in [-0.05, 0) is 22.4 Å². The van der Waals surface area contributed by atoms with Crippen LogP contribution in [0.5, 0.6) is 5.75 Å². The summed E-state index contributed by atoms with van der Waals surface area (Å²) in [6.07, 6.45) is 1.21. The van der Waals surface area contributed by atoms with Crippen LogP contribution < -0.4 is 10.1 Å². The van der Waals surface area contributed by atoms with Crippen molar-refractivity contribution in [1.29, 1.82) is 0 Å². The average molecular weight is 303 g/mol. The first-order valence-corrected chi connectivity index (χ1v) is 5.70. The summed E-state index contributed by atoms with van der Waals surface area (Å²) in [6, 6.07) is 2.73. The molecule has 1 aromatic rings. The molecule has 7 heteroatoms. The van der Waals surface area contributed by atoms with Gasteiger partial charge in [0.2, 0.25) is 6.41 Å². The summed E-state index contributed by atoms with van der Waals surface area (Å²) in [4.78, 5) is 20.6. The third-order valence-corrected chi connectivity index (χ3v) is 2.54. The highest BCUT2D eigenvalue weighted by Crippen LogP contribution is 2.35. The van der Waals surface area contributed by atoms with Crippen molar-refractivity contribution >= 4 is 33.7 Å². The normalized spacial score (nSPS) is 9.76. The molecule has 0 atom stereocenters. The van der Waals surface area contributed by atoms with Crippen LogP contribution in [0, 0.1) is 10.1 Å². The number of hydrogen-bond donors (Lipinski definition) is 1. The number of rotatable bonds is 6. The number of anilines is 1. The highest BCUT2D eigenvalue weighted by molar-refractivity contribution is 9.10. The maximum atomic E-state index is 10.8. The Morgan fingerprint density at radius 2 is 2.29 bits per heavy atom. The van der Waals surface area contributed by atoms with Crippen molar-refractivity contribution in [3.8, 4) is 5.75 Å². The lowest BCUT2D eigenvalue weighted by Gasteiger charge is -2.09. The number of amides is 1. The van der Waals surface area contributed by atoms with Crippen molar-refractivity contribution in [2.24, 2.45) is 0 Å². The van der Waals surface area contributed by atoms with Gasteiger partial charge in [0.05, 0.1) is 16.0 Å². The van der Waals surface area contributed by atoms with Gasteiger partial charge < -0.3 is 10.1 Å². The Balaban J connectivity index is 3.14. The third-order valence-electron chi connectivity index (χ3n) is 1.92. The molecular formula is C10H11BrN2O4. The molecule has 1 aromatic carbocycles. The van der Waals surface area contributed by atoms with E-state index in [0.717, 1.165) is 6.42 Å². The first-order chi connectivity index (χ1) is 8.10. The van der Waals surface area contributed by atoms with Crippen LogP contribution in [0.15, 0.2) is 16.6 Å². The molecule has 0 spiro atoms. The number of carbonyl (C=O) groups excluding carboxylic acids is 1. The van der Waals surface area contributed by atoms with E-state index in [-0.39, 0.29) is 11.4 Å². The van der Waals surface area contributed by atoms with E-state index in [0.29, 0.717) is 23.2 Å². The van der Waals surface area contributed by atoms with Crippen molar-refractivity contribution < 1.29 is 14.5 Å². The molecule has 1 N–H and O–H groups in total. The smallest absolute Gasteiger partial charge is 0.294 e. The van der Waals surface area contributed by atoms with Crippen molar-refractivity contribution in [1.82, 2.24) is 0 Å². The Kier molecular flexibility index (Phi) is 4.89. The Labute approximate surface area is 106 Å². The monoisotopic (exact) mass is 302 g/mol. The Hall–Kier alpha value is -1.63. The number of halogens is 1. The van der Waals surface area contributed by atoms with Gasteiger partial charge >= 0.3 is 0 Å². The van der Waals surface area contributed by atoms with Gasteiger partial charge in [0.25, 0.3) is 5.69 Å². The molecule has 0 heterocycles. The first kappa shape index (κ1) is 13.4. The van der Waals surface area contributed by atoms with E-state index >= 15 is 0 Å². The van der Waals surface area contributed by atoms with Crippen LogP contribution in [0.4, 0.5) is 11.4 Å². The van der Waals surface area contributed by atoms with Crippen LogP contribution in [0.25, 0.3) is 0 Å². The quantitative estimate of drug-likeness (QED) is 0.497. The molecule has 92 valence electrons. The van der Waals surface area contributed by atoms with Gasteiger partial charge in [0.15, 0.2) is 0 Å². The average Bonchev–Trinajstić information content (AvgIpc) is 2.29. The minimum Gasteiger partial charge on any atom is -0.492 e. The van der Waals surface area contributed by atoms with Gasteiger partial charge in [0, 0.05) is 12.1 Å². The van der Waals surface area contributed by atoms with Gasteiger partial charge in [-0.3, -0.25) is 14.9 Å². The van der Waals surface area contributed by atoms with Crippen molar-refractivity contribution in [2.45, 2.75) is 13.3 Å². The summed E-state index contributed by atoms with van der Waals surface area (Å²) in [5.74, 6) is 0.460. The molecule has 0 saturated carbocycles. The second-order valence-electron chi connectivity index (χ2n) is 3.17. The number of nitro benzene ring substituents is 1. The molecule has 0 aliphatic carbocycles. The predicted octanol–water partition coefficient (Wildman–Crippen LogP) is 2.71. The number of ether oxygens (including phenoxy) is 1. The number of nitro groups is 1. The van der Waals surface area contributed by atoms with E-state index in [1.165, 1.54) is 12.1 Å². The lowest BCUT2D eigenvalue weighted by atomic mass is 10.2. The highest BCUT2D eigenvalue weighted by Gasteiger charge is 2.17. The summed E-state index contributed by atoms with van der Waals surface area (Å²) in [6.45, 7) is 2.45. The highest BCUT2D eigenvalue weighted by atomic mass is 79.9. The molecule has 0 aromatic heterocycles. The lowest BCUT2D eigenvalue weighted by Crippen LogP contribution is -2.02. The molecule has 6 nitrogen and oxygen atoms in total. The summed E-state index contributed by atoms with van der Waals surface area (Å²) in [7, 11) is 0. The fourth-order valence-corrected chi connectivity index (χ4v) is 1.64. The standard InChI is InChI=1S/C10H11BrN2O4/c1-2-3-17-10-5-8(12-6-14)9(13(15)16)4-7(10)11/h4-6H,2-3H2,1H3,(H,12,14). The molecule has 0 aliphatic rings. The minimum absolute atomic E-state index is 0.110. The van der Waals surface area contributed by atoms with Gasteiger partial charge in [-0.15, -0.1) is 0 Å². The van der Waals surface area contributed by atoms with E-state index in [4.69, 9.17) is 4.74 Å². The predicted molar refractivity (Wildman–Crippen MR) is 66.3 cm³/mol. The zero-order valence-corrected chi connectivity index (χ0v) is 10.7. The van der Waals surface area contributed by atoms with Gasteiger partial charge in [0.1, 0.15) is 11.4 Å². The Morgan fingerprint density at radius 1 is 1.59 bits per heavy atom. The molecule has 0 saturated heterocycles. The maximum Gasteiger partial charge on any atom is 0.294 e. The zero-order valence-electron chi connectivity index (χ0n) is 9.10. The van der Waals surface area contributed by atoms with Crippen LogP contribution in [0.2, 0.25) is 0 Å². The van der Waals surface area contributed by atoms with Crippen molar-refractivity contribution in [2.75, 3.05) is 11.9 Å². The van der Waals surface area contributed by atoms with Gasteiger partial charge in [-0.1, -0.05) is 6.92 Å². The largest absolute Gasteiger partial charge is 0.492 e. The number of nitrogens with zero attached hydrogens (tertiary/aromatic N) is 1. The summed E-state index contributed by atoms with van der Waals surface area (Å²) >= 11 is 3.19. The second-order valence-corrected chi connectivity index (χ2v) is 4.02. The molecule has 1 amide bonds. The fourth-order valence-electron chi connectivity index (χ4n) is 1.20. The van der Waals surface area contributed by atoms with Gasteiger partial charge in [-0.2, -0.15) is 0 Å². The number of nitrogens with one attached hydrogen (secondary N) is 1. The van der Waals surface area contributed by atoms with Gasteiger partial charge in [-0.25, -0.2) is 0 Å². The first-order valence-electron chi connectivity index (χ1n) is 4.91. The van der Waals surface area contributed by atoms with Crippen LogP contribution in [0.3, 0.4) is 0 Å². The second kappa shape index (κ2) is 6.19. The van der Waals surface area contributed by atoms with E-state index in [9.17, 15) is 14.9 Å². The fraction of sp³-hybridized carbons (Fsp3) is 0.300. The Bertz CT molecular complexity index is 437. The van der Waals surface area contributed by atoms with E-state index in [1.807, 2.05) is 6.92 Å².